The fourth-order valence-electron chi connectivity index (χ4n) is 2.43. The van der Waals surface area contributed by atoms with Crippen molar-refractivity contribution in [1.29, 1.82) is 0 Å². The normalized spacial score (nSPS) is 24.2. The maximum atomic E-state index is 11.8. The molecule has 0 amide bonds. The van der Waals surface area contributed by atoms with Crippen molar-refractivity contribution in [2.75, 3.05) is 0 Å². The number of aryl methyl sites for hydroxylation is 1. The van der Waals surface area contributed by atoms with Crippen LogP contribution in [0.4, 0.5) is 0 Å². The zero-order chi connectivity index (χ0) is 11.1. The molecule has 1 saturated carbocycles. The Hall–Kier alpha value is -1.16. The van der Waals surface area contributed by atoms with Crippen molar-refractivity contribution in [2.45, 2.75) is 51.2 Å². The van der Waals surface area contributed by atoms with E-state index in [1.165, 1.54) is 0 Å². The van der Waals surface area contributed by atoms with Crippen LogP contribution in [0.3, 0.4) is 0 Å². The highest BCUT2D eigenvalue weighted by atomic mass is 16.5. The highest BCUT2D eigenvalue weighted by Crippen LogP contribution is 2.36. The number of aromatic nitrogens is 2. The van der Waals surface area contributed by atoms with Crippen LogP contribution in [0.2, 0.25) is 0 Å². The number of ether oxygens (including phenoxy) is 1. The van der Waals surface area contributed by atoms with Crippen LogP contribution in [0.1, 0.15) is 48.6 Å². The molecular weight excluding hydrogens is 204 g/mol. The van der Waals surface area contributed by atoms with Crippen LogP contribution in [0.25, 0.3) is 0 Å². The molecule has 16 heavy (non-hydrogen) atoms. The minimum atomic E-state index is -0.0639. The monoisotopic (exact) mass is 220 g/mol. The van der Waals surface area contributed by atoms with Gasteiger partial charge in [-0.15, -0.1) is 0 Å². The van der Waals surface area contributed by atoms with Crippen molar-refractivity contribution in [3.8, 4) is 0 Å². The Morgan fingerprint density at radius 2 is 2.19 bits per heavy atom. The molecule has 0 spiro atoms. The molecule has 1 aromatic heterocycles. The molecule has 1 heterocycles. The molecule has 1 atom stereocenters. The number of nitrogens with zero attached hydrogens (tertiary/aromatic N) is 1. The van der Waals surface area contributed by atoms with E-state index in [-0.39, 0.29) is 11.7 Å². The van der Waals surface area contributed by atoms with Gasteiger partial charge in [-0.1, -0.05) is 0 Å². The zero-order valence-corrected chi connectivity index (χ0v) is 9.45. The topological polar surface area (TPSA) is 55.0 Å². The molecule has 3 rings (SSSR count). The molecule has 1 N–H and O–H groups in total. The van der Waals surface area contributed by atoms with Crippen LogP contribution in [0.5, 0.6) is 0 Å². The molecule has 0 bridgehead atoms. The van der Waals surface area contributed by atoms with Crippen molar-refractivity contribution in [3.63, 3.8) is 0 Å². The fourth-order valence-corrected chi connectivity index (χ4v) is 2.43. The van der Waals surface area contributed by atoms with Crippen LogP contribution in [-0.4, -0.2) is 16.3 Å². The maximum absolute atomic E-state index is 11.8. The SMILES string of the molecule is Cc1n[nH]c(=O)c2c1CCCC2OC1CC1. The van der Waals surface area contributed by atoms with Crippen molar-refractivity contribution in [1.82, 2.24) is 10.2 Å². The first-order valence-electron chi connectivity index (χ1n) is 5.99. The van der Waals surface area contributed by atoms with Gasteiger partial charge < -0.3 is 4.74 Å². The van der Waals surface area contributed by atoms with Gasteiger partial charge in [-0.25, -0.2) is 5.10 Å². The van der Waals surface area contributed by atoms with E-state index >= 15 is 0 Å². The Kier molecular flexibility index (Phi) is 2.32. The molecule has 1 fully saturated rings. The first-order valence-corrected chi connectivity index (χ1v) is 5.99. The summed E-state index contributed by atoms with van der Waals surface area (Å²) in [4.78, 5) is 11.8. The van der Waals surface area contributed by atoms with E-state index in [1.807, 2.05) is 6.92 Å². The highest BCUT2D eigenvalue weighted by molar-refractivity contribution is 5.31. The molecule has 0 aliphatic heterocycles. The van der Waals surface area contributed by atoms with Gasteiger partial charge in [0.05, 0.1) is 23.5 Å². The predicted molar refractivity (Wildman–Crippen MR) is 59.4 cm³/mol. The molecular formula is C12H16N2O2. The van der Waals surface area contributed by atoms with E-state index in [1.54, 1.807) is 0 Å². The quantitative estimate of drug-likeness (QED) is 0.824. The highest BCUT2D eigenvalue weighted by Gasteiger charge is 2.32. The van der Waals surface area contributed by atoms with Gasteiger partial charge in [-0.2, -0.15) is 5.10 Å². The average molecular weight is 220 g/mol. The van der Waals surface area contributed by atoms with Gasteiger partial charge in [0.1, 0.15) is 0 Å². The average Bonchev–Trinajstić information content (AvgIpc) is 3.08. The van der Waals surface area contributed by atoms with Crippen LogP contribution in [0.15, 0.2) is 4.79 Å². The molecule has 2 aliphatic carbocycles. The van der Waals surface area contributed by atoms with Gasteiger partial charge in [0, 0.05) is 0 Å². The Morgan fingerprint density at radius 3 is 2.94 bits per heavy atom. The van der Waals surface area contributed by atoms with Gasteiger partial charge in [-0.05, 0) is 44.6 Å². The smallest absolute Gasteiger partial charge is 0.270 e. The largest absolute Gasteiger partial charge is 0.370 e. The summed E-state index contributed by atoms with van der Waals surface area (Å²) in [5, 5.41) is 6.59. The number of aromatic amines is 1. The minimum Gasteiger partial charge on any atom is -0.370 e. The predicted octanol–water partition coefficient (Wildman–Crippen LogP) is 1.63. The summed E-state index contributed by atoms with van der Waals surface area (Å²) in [5.74, 6) is 0. The summed E-state index contributed by atoms with van der Waals surface area (Å²) in [6, 6.07) is 0. The molecule has 0 aromatic carbocycles. The Labute approximate surface area is 94.0 Å². The Morgan fingerprint density at radius 1 is 1.38 bits per heavy atom. The minimum absolute atomic E-state index is 0.00157. The Balaban J connectivity index is 2.01. The van der Waals surface area contributed by atoms with Crippen molar-refractivity contribution >= 4 is 0 Å². The molecule has 2 aliphatic rings. The first-order chi connectivity index (χ1) is 7.75. The molecule has 1 unspecified atom stereocenters. The summed E-state index contributed by atoms with van der Waals surface area (Å²) >= 11 is 0. The summed E-state index contributed by atoms with van der Waals surface area (Å²) in [7, 11) is 0. The standard InChI is InChI=1S/C12H16N2O2/c1-7-9-3-2-4-10(16-8-5-6-8)11(9)12(15)14-13-7/h8,10H,2-6H2,1H3,(H,14,15). The zero-order valence-electron chi connectivity index (χ0n) is 9.45. The lowest BCUT2D eigenvalue weighted by Gasteiger charge is -2.25. The van der Waals surface area contributed by atoms with E-state index in [9.17, 15) is 4.79 Å². The lowest BCUT2D eigenvalue weighted by Crippen LogP contribution is -2.27. The van der Waals surface area contributed by atoms with Gasteiger partial charge in [0.25, 0.3) is 5.56 Å². The molecule has 1 aromatic rings. The second-order valence-electron chi connectivity index (χ2n) is 4.75. The number of nitrogens with one attached hydrogen (secondary N) is 1. The third-order valence-electron chi connectivity index (χ3n) is 3.43. The first kappa shape index (κ1) is 10.0. The summed E-state index contributed by atoms with van der Waals surface area (Å²) < 4.78 is 5.92. The van der Waals surface area contributed by atoms with Gasteiger partial charge in [-0.3, -0.25) is 4.79 Å². The summed E-state index contributed by atoms with van der Waals surface area (Å²) in [5.41, 5.74) is 2.83. The van der Waals surface area contributed by atoms with E-state index in [0.29, 0.717) is 6.10 Å². The van der Waals surface area contributed by atoms with E-state index in [0.717, 1.165) is 48.9 Å². The molecule has 0 saturated heterocycles. The van der Waals surface area contributed by atoms with Gasteiger partial charge in [0.15, 0.2) is 0 Å². The third kappa shape index (κ3) is 1.67. The lowest BCUT2D eigenvalue weighted by molar-refractivity contribution is 0.0265. The second-order valence-corrected chi connectivity index (χ2v) is 4.75. The van der Waals surface area contributed by atoms with Crippen LogP contribution in [-0.2, 0) is 11.2 Å². The van der Waals surface area contributed by atoms with Crippen LogP contribution in [0, 0.1) is 6.92 Å². The number of hydrogen-bond acceptors (Lipinski definition) is 3. The summed E-state index contributed by atoms with van der Waals surface area (Å²) in [6.45, 7) is 1.95. The number of H-pyrrole nitrogens is 1. The second kappa shape index (κ2) is 3.70. The molecule has 86 valence electrons. The van der Waals surface area contributed by atoms with Crippen LogP contribution < -0.4 is 5.56 Å². The lowest BCUT2D eigenvalue weighted by atomic mass is 9.89. The van der Waals surface area contributed by atoms with Gasteiger partial charge >= 0.3 is 0 Å². The summed E-state index contributed by atoms with van der Waals surface area (Å²) in [6.07, 6.45) is 5.71. The Bertz CT molecular complexity index is 463. The number of hydrogen-bond donors (Lipinski definition) is 1. The molecule has 4 nitrogen and oxygen atoms in total. The number of fused-ring (bicyclic) bond motifs is 1. The van der Waals surface area contributed by atoms with E-state index in [4.69, 9.17) is 4.74 Å². The van der Waals surface area contributed by atoms with Crippen molar-refractivity contribution in [2.24, 2.45) is 0 Å². The molecule has 0 radical (unpaired) electrons. The van der Waals surface area contributed by atoms with Crippen LogP contribution >= 0.6 is 0 Å². The maximum Gasteiger partial charge on any atom is 0.270 e. The van der Waals surface area contributed by atoms with E-state index in [2.05, 4.69) is 10.2 Å². The van der Waals surface area contributed by atoms with Crippen molar-refractivity contribution < 1.29 is 4.74 Å². The third-order valence-corrected chi connectivity index (χ3v) is 3.43. The van der Waals surface area contributed by atoms with Crippen molar-refractivity contribution in [3.05, 3.63) is 27.2 Å². The van der Waals surface area contributed by atoms with Gasteiger partial charge in [0.2, 0.25) is 0 Å². The fraction of sp³-hybridized carbons (Fsp3) is 0.667. The van der Waals surface area contributed by atoms with E-state index < -0.39 is 0 Å². The molecule has 4 heteroatoms. The number of rotatable bonds is 2.